The quantitative estimate of drug-likeness (QED) is 0.476. The molecule has 1 saturated heterocycles. The second kappa shape index (κ2) is 6.37. The summed E-state index contributed by atoms with van der Waals surface area (Å²) in [5.74, 6) is -0.368. The van der Waals surface area contributed by atoms with Crippen molar-refractivity contribution in [2.75, 3.05) is 12.9 Å². The topological polar surface area (TPSA) is 73.3 Å². The number of hydrogen-bond donors (Lipinski definition) is 0. The van der Waals surface area contributed by atoms with Crippen molar-refractivity contribution in [3.05, 3.63) is 64.4 Å². The minimum Gasteiger partial charge on any atom is -0.462 e. The van der Waals surface area contributed by atoms with Crippen LogP contribution in [0.15, 0.2) is 53.1 Å². The van der Waals surface area contributed by atoms with Crippen LogP contribution in [0.4, 0.5) is 0 Å². The van der Waals surface area contributed by atoms with E-state index in [1.165, 1.54) is 12.1 Å². The number of benzene rings is 1. The molecule has 5 nitrogen and oxygen atoms in total. The van der Waals surface area contributed by atoms with E-state index in [1.807, 2.05) is 0 Å². The first-order valence-corrected chi connectivity index (χ1v) is 9.46. The number of sulfone groups is 1. The second-order valence-corrected chi connectivity index (χ2v) is 7.81. The number of nitrogens with zero attached hydrogens (tertiary/aromatic N) is 1. The average molecular weight is 364 g/mol. The highest BCUT2D eigenvalue weighted by Crippen LogP contribution is 2.32. The molecular formula is C17H14ClNO4S. The van der Waals surface area contributed by atoms with Gasteiger partial charge >= 0.3 is 5.97 Å². The maximum absolute atomic E-state index is 12.0. The van der Waals surface area contributed by atoms with Crippen LogP contribution in [0.25, 0.3) is 5.57 Å². The van der Waals surface area contributed by atoms with E-state index >= 15 is 0 Å². The standard InChI is InChI=1S/C17H14ClNO4S/c1-24(21,22)13-5-2-11(3-6-13)16(14-8-9-23-17(14)20)12-4-7-15(18)19-10-12/h2-7,10H,8-9H2,1H3/b16-14+. The molecule has 7 heteroatoms. The highest BCUT2D eigenvalue weighted by molar-refractivity contribution is 7.90. The van der Waals surface area contributed by atoms with Gasteiger partial charge in [-0.05, 0) is 29.8 Å². The van der Waals surface area contributed by atoms with E-state index in [-0.39, 0.29) is 10.9 Å². The summed E-state index contributed by atoms with van der Waals surface area (Å²) in [5, 5.41) is 0.351. The van der Waals surface area contributed by atoms with Crippen molar-refractivity contribution in [2.24, 2.45) is 0 Å². The van der Waals surface area contributed by atoms with Crippen molar-refractivity contribution in [3.63, 3.8) is 0 Å². The number of pyridine rings is 1. The summed E-state index contributed by atoms with van der Waals surface area (Å²) in [7, 11) is -3.28. The Hall–Kier alpha value is -2.18. The monoisotopic (exact) mass is 363 g/mol. The molecule has 1 aromatic carbocycles. The molecule has 2 heterocycles. The summed E-state index contributed by atoms with van der Waals surface area (Å²) in [6.45, 7) is 0.333. The van der Waals surface area contributed by atoms with Crippen LogP contribution in [0.1, 0.15) is 17.5 Å². The number of halogens is 1. The van der Waals surface area contributed by atoms with Crippen LogP contribution in [-0.2, 0) is 19.4 Å². The van der Waals surface area contributed by atoms with Gasteiger partial charge in [0, 0.05) is 35.6 Å². The first-order valence-electron chi connectivity index (χ1n) is 7.19. The lowest BCUT2D eigenvalue weighted by molar-refractivity contribution is -0.135. The van der Waals surface area contributed by atoms with E-state index < -0.39 is 9.84 Å². The molecule has 0 radical (unpaired) electrons. The maximum Gasteiger partial charge on any atom is 0.334 e. The molecule has 1 aromatic heterocycles. The van der Waals surface area contributed by atoms with Crippen molar-refractivity contribution < 1.29 is 17.9 Å². The van der Waals surface area contributed by atoms with Gasteiger partial charge in [-0.25, -0.2) is 18.2 Å². The Morgan fingerprint density at radius 1 is 1.12 bits per heavy atom. The number of ether oxygens (including phenoxy) is 1. The molecular weight excluding hydrogens is 350 g/mol. The lowest BCUT2D eigenvalue weighted by atomic mass is 9.93. The number of rotatable bonds is 3. The predicted octanol–water partition coefficient (Wildman–Crippen LogP) is 2.89. The number of cyclic esters (lactones) is 1. The molecule has 2 aromatic rings. The summed E-state index contributed by atoms with van der Waals surface area (Å²) in [5.41, 5.74) is 2.67. The van der Waals surface area contributed by atoms with Gasteiger partial charge in [0.15, 0.2) is 9.84 Å². The van der Waals surface area contributed by atoms with Gasteiger partial charge in [-0.1, -0.05) is 23.7 Å². The predicted molar refractivity (Wildman–Crippen MR) is 90.4 cm³/mol. The summed E-state index contributed by atoms with van der Waals surface area (Å²) >= 11 is 5.84. The fourth-order valence-corrected chi connectivity index (χ4v) is 3.31. The van der Waals surface area contributed by atoms with Crippen LogP contribution < -0.4 is 0 Å². The van der Waals surface area contributed by atoms with Gasteiger partial charge in [0.2, 0.25) is 0 Å². The van der Waals surface area contributed by atoms with Crippen LogP contribution in [0.2, 0.25) is 5.15 Å². The summed E-state index contributed by atoms with van der Waals surface area (Å²) in [6, 6.07) is 9.82. The number of hydrogen-bond acceptors (Lipinski definition) is 5. The first-order chi connectivity index (χ1) is 11.4. The normalized spacial score (nSPS) is 16.8. The van der Waals surface area contributed by atoms with Gasteiger partial charge in [-0.15, -0.1) is 0 Å². The molecule has 0 bridgehead atoms. The van der Waals surface area contributed by atoms with Gasteiger partial charge in [0.25, 0.3) is 0 Å². The molecule has 1 aliphatic rings. The Labute approximate surface area is 144 Å². The molecule has 0 N–H and O–H groups in total. The summed E-state index contributed by atoms with van der Waals surface area (Å²) < 4.78 is 28.3. The van der Waals surface area contributed by atoms with Crippen LogP contribution >= 0.6 is 11.6 Å². The molecule has 0 unspecified atom stereocenters. The highest BCUT2D eigenvalue weighted by Gasteiger charge is 2.25. The Kier molecular flexibility index (Phi) is 4.43. The average Bonchev–Trinajstić information content (AvgIpc) is 2.95. The third-order valence-electron chi connectivity index (χ3n) is 3.72. The van der Waals surface area contributed by atoms with E-state index in [9.17, 15) is 13.2 Å². The van der Waals surface area contributed by atoms with Crippen LogP contribution in [-0.4, -0.2) is 32.2 Å². The Balaban J connectivity index is 2.16. The third-order valence-corrected chi connectivity index (χ3v) is 5.07. The van der Waals surface area contributed by atoms with E-state index in [4.69, 9.17) is 16.3 Å². The van der Waals surface area contributed by atoms with Gasteiger partial charge in [0.05, 0.1) is 11.5 Å². The van der Waals surface area contributed by atoms with E-state index in [0.717, 1.165) is 17.4 Å². The molecule has 1 fully saturated rings. The Bertz CT molecular complexity index is 916. The van der Waals surface area contributed by atoms with E-state index in [0.29, 0.717) is 29.3 Å². The minimum absolute atomic E-state index is 0.221. The van der Waals surface area contributed by atoms with Crippen LogP contribution in [0.5, 0.6) is 0 Å². The lowest BCUT2D eigenvalue weighted by Crippen LogP contribution is -2.02. The van der Waals surface area contributed by atoms with Gasteiger partial charge in [-0.3, -0.25) is 0 Å². The fourth-order valence-electron chi connectivity index (χ4n) is 2.57. The zero-order valence-electron chi connectivity index (χ0n) is 12.8. The van der Waals surface area contributed by atoms with Gasteiger partial charge < -0.3 is 4.74 Å². The third kappa shape index (κ3) is 3.34. The van der Waals surface area contributed by atoms with Crippen LogP contribution in [0, 0.1) is 0 Å². The molecule has 0 spiro atoms. The molecule has 0 amide bonds. The Morgan fingerprint density at radius 3 is 2.29 bits per heavy atom. The van der Waals surface area contributed by atoms with E-state index in [2.05, 4.69) is 4.98 Å². The zero-order valence-corrected chi connectivity index (χ0v) is 14.4. The first kappa shape index (κ1) is 16.7. The summed E-state index contributed by atoms with van der Waals surface area (Å²) in [6.07, 6.45) is 3.23. The minimum atomic E-state index is -3.28. The smallest absolute Gasteiger partial charge is 0.334 e. The van der Waals surface area contributed by atoms with Gasteiger partial charge in [-0.2, -0.15) is 0 Å². The Morgan fingerprint density at radius 2 is 1.79 bits per heavy atom. The molecule has 1 aliphatic heterocycles. The van der Waals surface area contributed by atoms with Crippen LogP contribution in [0.3, 0.4) is 0 Å². The second-order valence-electron chi connectivity index (χ2n) is 5.41. The summed E-state index contributed by atoms with van der Waals surface area (Å²) in [4.78, 5) is 16.3. The molecule has 3 rings (SSSR count). The lowest BCUT2D eigenvalue weighted by Gasteiger charge is -2.11. The SMILES string of the molecule is CS(=O)(=O)c1ccc(/C(=C2/CCOC2=O)c2ccc(Cl)nc2)cc1. The number of carbonyl (C=O) groups is 1. The zero-order chi connectivity index (χ0) is 17.3. The van der Waals surface area contributed by atoms with Crippen molar-refractivity contribution in [1.82, 2.24) is 4.98 Å². The van der Waals surface area contributed by atoms with E-state index in [1.54, 1.807) is 30.5 Å². The highest BCUT2D eigenvalue weighted by atomic mass is 35.5. The largest absolute Gasteiger partial charge is 0.462 e. The molecule has 24 heavy (non-hydrogen) atoms. The fraction of sp³-hybridized carbons (Fsp3) is 0.176. The number of esters is 1. The number of carbonyl (C=O) groups excluding carboxylic acids is 1. The van der Waals surface area contributed by atoms with Crippen molar-refractivity contribution in [1.29, 1.82) is 0 Å². The van der Waals surface area contributed by atoms with Crippen molar-refractivity contribution in [3.8, 4) is 0 Å². The molecule has 0 saturated carbocycles. The molecule has 0 aliphatic carbocycles. The van der Waals surface area contributed by atoms with Crippen molar-refractivity contribution in [2.45, 2.75) is 11.3 Å². The van der Waals surface area contributed by atoms with Gasteiger partial charge in [0.1, 0.15) is 5.15 Å². The molecule has 124 valence electrons. The molecule has 0 atom stereocenters. The number of aromatic nitrogens is 1. The maximum atomic E-state index is 12.0. The van der Waals surface area contributed by atoms with Crippen molar-refractivity contribution >= 4 is 33.0 Å².